The Kier molecular flexibility index (Phi) is 6.38. The maximum Gasteiger partial charge on any atom is 0.240 e. The van der Waals surface area contributed by atoms with Gasteiger partial charge in [-0.15, -0.1) is 10.2 Å². The van der Waals surface area contributed by atoms with Crippen LogP contribution in [0, 0.1) is 0 Å². The van der Waals surface area contributed by atoms with Gasteiger partial charge in [-0.1, -0.05) is 54.2 Å². The molecule has 0 unspecified atom stereocenters. The molecule has 1 aromatic heterocycles. The predicted molar refractivity (Wildman–Crippen MR) is 119 cm³/mol. The van der Waals surface area contributed by atoms with Crippen LogP contribution in [0.2, 0.25) is 0 Å². The first-order valence-corrected chi connectivity index (χ1v) is 11.2. The van der Waals surface area contributed by atoms with E-state index in [0.29, 0.717) is 6.54 Å². The van der Waals surface area contributed by atoms with Gasteiger partial charge in [0, 0.05) is 19.6 Å². The molecule has 0 aliphatic carbocycles. The third-order valence-corrected chi connectivity index (χ3v) is 6.57. The molecule has 1 aliphatic heterocycles. The summed E-state index contributed by atoms with van der Waals surface area (Å²) in [4.78, 5) is 15.3. The molecule has 1 fully saturated rings. The van der Waals surface area contributed by atoms with E-state index in [9.17, 15) is 4.79 Å². The van der Waals surface area contributed by atoms with Gasteiger partial charge in [0.15, 0.2) is 11.0 Å². The monoisotopic (exact) mass is 422 g/mol. The van der Waals surface area contributed by atoms with Gasteiger partial charge < -0.3 is 14.2 Å². The minimum absolute atomic E-state index is 0.146. The van der Waals surface area contributed by atoms with Crippen LogP contribution in [0.1, 0.15) is 30.6 Å². The highest BCUT2D eigenvalue weighted by Gasteiger charge is 2.31. The van der Waals surface area contributed by atoms with Crippen molar-refractivity contribution in [2.75, 3.05) is 20.2 Å². The first-order chi connectivity index (χ1) is 14.7. The van der Waals surface area contributed by atoms with E-state index in [2.05, 4.69) is 21.7 Å². The lowest BCUT2D eigenvalue weighted by atomic mass is 10.1. The van der Waals surface area contributed by atoms with Crippen molar-refractivity contribution < 1.29 is 9.53 Å². The van der Waals surface area contributed by atoms with Crippen molar-refractivity contribution in [1.82, 2.24) is 19.7 Å². The summed E-state index contributed by atoms with van der Waals surface area (Å²) in [5.41, 5.74) is 1.88. The zero-order chi connectivity index (χ0) is 20.9. The summed E-state index contributed by atoms with van der Waals surface area (Å²) in [5.74, 6) is 1.65. The summed E-state index contributed by atoms with van der Waals surface area (Å²) < 4.78 is 7.57. The molecular formula is C23H26N4O2S. The van der Waals surface area contributed by atoms with Crippen molar-refractivity contribution in [2.24, 2.45) is 0 Å². The summed E-state index contributed by atoms with van der Waals surface area (Å²) in [5, 5.41) is 9.31. The number of benzene rings is 2. The van der Waals surface area contributed by atoms with E-state index >= 15 is 0 Å². The maximum atomic E-state index is 13.4. The van der Waals surface area contributed by atoms with Gasteiger partial charge in [-0.2, -0.15) is 0 Å². The third-order valence-electron chi connectivity index (χ3n) is 5.35. The van der Waals surface area contributed by atoms with Crippen LogP contribution in [0.4, 0.5) is 0 Å². The molecule has 1 amide bonds. The molecule has 0 spiro atoms. The van der Waals surface area contributed by atoms with Crippen molar-refractivity contribution in [3.05, 3.63) is 60.2 Å². The predicted octanol–water partition coefficient (Wildman–Crippen LogP) is 4.43. The van der Waals surface area contributed by atoms with Crippen LogP contribution in [-0.2, 0) is 11.3 Å². The Balaban J connectivity index is 1.70. The van der Waals surface area contributed by atoms with Gasteiger partial charge in [0.25, 0.3) is 0 Å². The van der Waals surface area contributed by atoms with Crippen LogP contribution < -0.4 is 4.74 Å². The topological polar surface area (TPSA) is 60.2 Å². The van der Waals surface area contributed by atoms with E-state index in [0.717, 1.165) is 53.8 Å². The molecule has 0 bridgehead atoms. The molecule has 6 nitrogen and oxygen atoms in total. The van der Waals surface area contributed by atoms with Gasteiger partial charge in [-0.25, -0.2) is 0 Å². The van der Waals surface area contributed by atoms with Gasteiger partial charge in [-0.05, 0) is 37.5 Å². The summed E-state index contributed by atoms with van der Waals surface area (Å²) in [6, 6.07) is 17.7. The van der Waals surface area contributed by atoms with E-state index in [1.165, 1.54) is 11.8 Å². The van der Waals surface area contributed by atoms with E-state index in [4.69, 9.17) is 4.74 Å². The molecule has 1 atom stereocenters. The molecule has 2 aromatic carbocycles. The number of aromatic nitrogens is 3. The van der Waals surface area contributed by atoms with Crippen molar-refractivity contribution in [3.8, 4) is 17.1 Å². The van der Waals surface area contributed by atoms with Gasteiger partial charge in [0.1, 0.15) is 11.0 Å². The molecule has 0 N–H and O–H groups in total. The molecule has 2 heterocycles. The molecule has 1 aliphatic rings. The maximum absolute atomic E-state index is 13.4. The molecule has 0 saturated carbocycles. The lowest BCUT2D eigenvalue weighted by molar-refractivity contribution is -0.129. The number of hydrogen-bond donors (Lipinski definition) is 0. The van der Waals surface area contributed by atoms with Gasteiger partial charge in [-0.3, -0.25) is 4.79 Å². The van der Waals surface area contributed by atoms with Crippen molar-refractivity contribution in [1.29, 1.82) is 0 Å². The minimum atomic E-state index is -0.343. The fourth-order valence-electron chi connectivity index (χ4n) is 3.79. The van der Waals surface area contributed by atoms with E-state index < -0.39 is 0 Å². The van der Waals surface area contributed by atoms with Crippen LogP contribution in [-0.4, -0.2) is 45.8 Å². The molecule has 1 saturated heterocycles. The number of rotatable bonds is 7. The Morgan fingerprint density at radius 1 is 1.07 bits per heavy atom. The van der Waals surface area contributed by atoms with Crippen LogP contribution >= 0.6 is 11.8 Å². The second-order valence-corrected chi connectivity index (χ2v) is 8.26. The van der Waals surface area contributed by atoms with Crippen LogP contribution in [0.15, 0.2) is 59.8 Å². The second kappa shape index (κ2) is 9.34. The Morgan fingerprint density at radius 2 is 1.77 bits per heavy atom. The third kappa shape index (κ3) is 4.07. The fourth-order valence-corrected chi connectivity index (χ4v) is 4.97. The van der Waals surface area contributed by atoms with Gasteiger partial charge in [0.2, 0.25) is 5.91 Å². The largest absolute Gasteiger partial charge is 0.496 e. The molecule has 7 heteroatoms. The quantitative estimate of drug-likeness (QED) is 0.527. The Morgan fingerprint density at radius 3 is 2.47 bits per heavy atom. The zero-order valence-corrected chi connectivity index (χ0v) is 18.1. The highest BCUT2D eigenvalue weighted by atomic mass is 32.2. The molecule has 156 valence electrons. The van der Waals surface area contributed by atoms with Crippen molar-refractivity contribution in [2.45, 2.75) is 36.7 Å². The van der Waals surface area contributed by atoms with E-state index in [-0.39, 0.29) is 11.2 Å². The van der Waals surface area contributed by atoms with Crippen LogP contribution in [0.25, 0.3) is 11.4 Å². The minimum Gasteiger partial charge on any atom is -0.496 e. The zero-order valence-electron chi connectivity index (χ0n) is 17.3. The second-order valence-electron chi connectivity index (χ2n) is 7.19. The van der Waals surface area contributed by atoms with Crippen LogP contribution in [0.5, 0.6) is 5.75 Å². The summed E-state index contributed by atoms with van der Waals surface area (Å²) in [6.45, 7) is 4.42. The normalized spacial score (nSPS) is 14.7. The molecule has 4 rings (SSSR count). The highest BCUT2D eigenvalue weighted by molar-refractivity contribution is 8.00. The first-order valence-electron chi connectivity index (χ1n) is 10.3. The standard InChI is InChI=1S/C23H26N4O2S/c1-3-27-21(18-13-7-8-14-19(18)29-2)24-25-23(27)30-20(17-11-5-4-6-12-17)22(28)26-15-9-10-16-26/h4-8,11-14,20H,3,9-10,15-16H2,1-2H3/t20-/m1/s1. The highest BCUT2D eigenvalue weighted by Crippen LogP contribution is 2.39. The number of hydrogen-bond acceptors (Lipinski definition) is 5. The molecule has 3 aromatic rings. The number of thioether (sulfide) groups is 1. The number of methoxy groups -OCH3 is 1. The number of nitrogens with zero attached hydrogens (tertiary/aromatic N) is 4. The lowest BCUT2D eigenvalue weighted by Gasteiger charge is -2.23. The number of amides is 1. The molecular weight excluding hydrogens is 396 g/mol. The summed E-state index contributed by atoms with van der Waals surface area (Å²) in [6.07, 6.45) is 2.14. The number of carbonyl (C=O) groups is 1. The number of para-hydroxylation sites is 1. The summed E-state index contributed by atoms with van der Waals surface area (Å²) in [7, 11) is 1.65. The average molecular weight is 423 g/mol. The Bertz CT molecular complexity index is 999. The Labute approximate surface area is 181 Å². The smallest absolute Gasteiger partial charge is 0.240 e. The summed E-state index contributed by atoms with van der Waals surface area (Å²) >= 11 is 1.47. The first kappa shape index (κ1) is 20.5. The van der Waals surface area contributed by atoms with Crippen LogP contribution in [0.3, 0.4) is 0 Å². The van der Waals surface area contributed by atoms with Gasteiger partial charge in [0.05, 0.1) is 12.7 Å². The van der Waals surface area contributed by atoms with E-state index in [1.54, 1.807) is 7.11 Å². The Hall–Kier alpha value is -2.80. The van der Waals surface area contributed by atoms with Gasteiger partial charge >= 0.3 is 0 Å². The van der Waals surface area contributed by atoms with Crippen molar-refractivity contribution in [3.63, 3.8) is 0 Å². The SMILES string of the molecule is CCn1c(S[C@@H](C(=O)N2CCCC2)c2ccccc2)nnc1-c1ccccc1OC. The number of ether oxygens (including phenoxy) is 1. The van der Waals surface area contributed by atoms with Crippen molar-refractivity contribution >= 4 is 17.7 Å². The fraction of sp³-hybridized carbons (Fsp3) is 0.348. The molecule has 30 heavy (non-hydrogen) atoms. The molecule has 0 radical (unpaired) electrons. The number of carbonyl (C=O) groups excluding carboxylic acids is 1. The lowest BCUT2D eigenvalue weighted by Crippen LogP contribution is -2.31. The average Bonchev–Trinajstić information content (AvgIpc) is 3.47. The van der Waals surface area contributed by atoms with E-state index in [1.807, 2.05) is 59.5 Å². The number of likely N-dealkylation sites (tertiary alicyclic amines) is 1.